The summed E-state index contributed by atoms with van der Waals surface area (Å²) in [6.45, 7) is 3.23. The molecule has 2 atom stereocenters. The molecule has 1 amide bonds. The van der Waals surface area contributed by atoms with Gasteiger partial charge in [-0.25, -0.2) is 9.78 Å². The van der Waals surface area contributed by atoms with Crippen molar-refractivity contribution in [2.24, 2.45) is 0 Å². The third kappa shape index (κ3) is 5.08. The van der Waals surface area contributed by atoms with Gasteiger partial charge in [-0.15, -0.1) is 0 Å². The van der Waals surface area contributed by atoms with E-state index in [0.29, 0.717) is 15.6 Å². The Bertz CT molecular complexity index is 798. The molecule has 1 N–H and O–H groups in total. The van der Waals surface area contributed by atoms with E-state index in [9.17, 15) is 9.59 Å². The summed E-state index contributed by atoms with van der Waals surface area (Å²) in [5.74, 6) is -1.19. The number of nitrogens with one attached hydrogen (secondary N) is 1. The molecule has 0 radical (unpaired) electrons. The third-order valence-corrected chi connectivity index (χ3v) is 4.28. The number of carbonyl (C=O) groups is 2. The van der Waals surface area contributed by atoms with Gasteiger partial charge in [0.2, 0.25) is 0 Å². The minimum atomic E-state index is -1.02. The number of carbonyl (C=O) groups excluding carboxylic acids is 2. The smallest absolute Gasteiger partial charge is 0.342 e. The highest BCUT2D eigenvalue weighted by atomic mass is 35.5. The van der Waals surface area contributed by atoms with Gasteiger partial charge in [-0.3, -0.25) is 4.79 Å². The summed E-state index contributed by atoms with van der Waals surface area (Å²) in [5.41, 5.74) is 0.797. The number of esters is 1. The molecule has 0 saturated heterocycles. The maximum atomic E-state index is 12.3. The molecule has 0 bridgehead atoms. The highest BCUT2D eigenvalue weighted by molar-refractivity contribution is 6.35. The van der Waals surface area contributed by atoms with E-state index in [1.807, 2.05) is 0 Å². The number of rotatable bonds is 5. The van der Waals surface area contributed by atoms with Gasteiger partial charge in [0.15, 0.2) is 6.10 Å². The van der Waals surface area contributed by atoms with Crippen molar-refractivity contribution in [1.29, 1.82) is 0 Å². The molecule has 132 valence electrons. The lowest BCUT2D eigenvalue weighted by atomic mass is 10.1. The summed E-state index contributed by atoms with van der Waals surface area (Å²) < 4.78 is 5.14. The number of halogens is 3. The number of pyridine rings is 1. The van der Waals surface area contributed by atoms with Gasteiger partial charge in [0.25, 0.3) is 5.91 Å². The Kier molecular flexibility index (Phi) is 6.64. The van der Waals surface area contributed by atoms with E-state index in [0.717, 1.165) is 0 Å². The molecule has 0 aliphatic rings. The number of hydrogen-bond donors (Lipinski definition) is 1. The van der Waals surface area contributed by atoms with E-state index in [2.05, 4.69) is 10.3 Å². The molecule has 5 nitrogen and oxygen atoms in total. The minimum absolute atomic E-state index is 0.0152. The van der Waals surface area contributed by atoms with Crippen LogP contribution in [0.1, 0.15) is 35.8 Å². The SMILES string of the molecule is C[C@H](OC(=O)c1cccnc1Cl)C(=O)N[C@@H](C)c1ccc(Cl)cc1Cl. The van der Waals surface area contributed by atoms with Crippen LogP contribution in [0.4, 0.5) is 0 Å². The van der Waals surface area contributed by atoms with Crippen LogP contribution < -0.4 is 5.32 Å². The predicted octanol–water partition coefficient (Wildman–Crippen LogP) is 4.46. The van der Waals surface area contributed by atoms with Crippen molar-refractivity contribution < 1.29 is 14.3 Å². The minimum Gasteiger partial charge on any atom is -0.449 e. The fourth-order valence-corrected chi connectivity index (χ4v) is 2.85. The van der Waals surface area contributed by atoms with E-state index in [1.54, 1.807) is 31.2 Å². The fraction of sp³-hybridized carbons (Fsp3) is 0.235. The molecule has 1 aromatic heterocycles. The van der Waals surface area contributed by atoms with Crippen molar-refractivity contribution in [1.82, 2.24) is 10.3 Å². The zero-order valence-corrected chi connectivity index (χ0v) is 15.7. The van der Waals surface area contributed by atoms with Gasteiger partial charge < -0.3 is 10.1 Å². The van der Waals surface area contributed by atoms with Gasteiger partial charge in [0, 0.05) is 16.2 Å². The zero-order chi connectivity index (χ0) is 18.6. The molecule has 0 aliphatic carbocycles. The van der Waals surface area contributed by atoms with Gasteiger partial charge in [0.1, 0.15) is 5.15 Å². The maximum Gasteiger partial charge on any atom is 0.342 e. The van der Waals surface area contributed by atoms with Crippen molar-refractivity contribution in [2.75, 3.05) is 0 Å². The molecule has 0 unspecified atom stereocenters. The Morgan fingerprint density at radius 2 is 1.88 bits per heavy atom. The predicted molar refractivity (Wildman–Crippen MR) is 97.1 cm³/mol. The van der Waals surface area contributed by atoms with Crippen LogP contribution in [0, 0.1) is 0 Å². The van der Waals surface area contributed by atoms with Gasteiger partial charge in [-0.2, -0.15) is 0 Å². The molecule has 2 rings (SSSR count). The van der Waals surface area contributed by atoms with Gasteiger partial charge >= 0.3 is 5.97 Å². The molecule has 0 spiro atoms. The van der Waals surface area contributed by atoms with Crippen LogP contribution >= 0.6 is 34.8 Å². The highest BCUT2D eigenvalue weighted by Gasteiger charge is 2.23. The summed E-state index contributed by atoms with van der Waals surface area (Å²) in [7, 11) is 0. The molecule has 8 heteroatoms. The maximum absolute atomic E-state index is 12.3. The normalized spacial score (nSPS) is 13.0. The molecule has 1 aromatic carbocycles. The lowest BCUT2D eigenvalue weighted by Crippen LogP contribution is -2.37. The van der Waals surface area contributed by atoms with Gasteiger partial charge in [-0.05, 0) is 43.7 Å². The van der Waals surface area contributed by atoms with Crippen LogP contribution in [-0.4, -0.2) is 23.0 Å². The quantitative estimate of drug-likeness (QED) is 0.593. The zero-order valence-electron chi connectivity index (χ0n) is 13.4. The van der Waals surface area contributed by atoms with Crippen LogP contribution in [0.5, 0.6) is 0 Å². The molecule has 1 heterocycles. The summed E-state index contributed by atoms with van der Waals surface area (Å²) in [6, 6.07) is 7.63. The van der Waals surface area contributed by atoms with E-state index >= 15 is 0 Å². The van der Waals surface area contributed by atoms with Gasteiger partial charge in [0.05, 0.1) is 11.6 Å². The third-order valence-electron chi connectivity index (χ3n) is 3.42. The topological polar surface area (TPSA) is 68.3 Å². The standard InChI is InChI=1S/C17H15Cl3N2O3/c1-9(12-6-5-11(18)8-14(12)19)22-16(23)10(2)25-17(24)13-4-3-7-21-15(13)20/h3-10H,1-2H3,(H,22,23)/t9-,10-/m0/s1. The lowest BCUT2D eigenvalue weighted by molar-refractivity contribution is -0.129. The number of benzene rings is 1. The largest absolute Gasteiger partial charge is 0.449 e. The first-order valence-electron chi connectivity index (χ1n) is 7.36. The summed E-state index contributed by atoms with van der Waals surface area (Å²) in [4.78, 5) is 28.1. The van der Waals surface area contributed by atoms with Crippen LogP contribution in [0.25, 0.3) is 0 Å². The van der Waals surface area contributed by atoms with Crippen molar-refractivity contribution in [3.63, 3.8) is 0 Å². The highest BCUT2D eigenvalue weighted by Crippen LogP contribution is 2.26. The molecular formula is C17H15Cl3N2O3. The summed E-state index contributed by atoms with van der Waals surface area (Å²) >= 11 is 17.8. The van der Waals surface area contributed by atoms with E-state index < -0.39 is 18.0 Å². The number of hydrogen-bond acceptors (Lipinski definition) is 4. The number of nitrogens with zero attached hydrogens (tertiary/aromatic N) is 1. The van der Waals surface area contributed by atoms with E-state index in [1.165, 1.54) is 19.2 Å². The number of aromatic nitrogens is 1. The first-order chi connectivity index (χ1) is 11.8. The van der Waals surface area contributed by atoms with Crippen LogP contribution in [0.3, 0.4) is 0 Å². The summed E-state index contributed by atoms with van der Waals surface area (Å²) in [5, 5.41) is 3.69. The fourth-order valence-electron chi connectivity index (χ4n) is 2.08. The second-order valence-electron chi connectivity index (χ2n) is 5.29. The Hall–Kier alpha value is -1.82. The Balaban J connectivity index is 2.00. The lowest BCUT2D eigenvalue weighted by Gasteiger charge is -2.19. The van der Waals surface area contributed by atoms with Crippen molar-refractivity contribution in [3.05, 3.63) is 62.9 Å². The monoisotopic (exact) mass is 400 g/mol. The molecule has 0 fully saturated rings. The Labute approximate surface area is 160 Å². The molecule has 2 aromatic rings. The van der Waals surface area contributed by atoms with Crippen LogP contribution in [0.15, 0.2) is 36.5 Å². The second-order valence-corrected chi connectivity index (χ2v) is 6.49. The van der Waals surface area contributed by atoms with Crippen LogP contribution in [-0.2, 0) is 9.53 Å². The number of ether oxygens (including phenoxy) is 1. The van der Waals surface area contributed by atoms with Gasteiger partial charge in [-0.1, -0.05) is 40.9 Å². The average molecular weight is 402 g/mol. The first-order valence-corrected chi connectivity index (χ1v) is 8.49. The van der Waals surface area contributed by atoms with Crippen molar-refractivity contribution in [2.45, 2.75) is 26.0 Å². The molecule has 0 saturated carbocycles. The Morgan fingerprint density at radius 3 is 2.52 bits per heavy atom. The average Bonchev–Trinajstić information content (AvgIpc) is 2.54. The van der Waals surface area contributed by atoms with E-state index in [4.69, 9.17) is 39.5 Å². The molecule has 0 aliphatic heterocycles. The van der Waals surface area contributed by atoms with Crippen molar-refractivity contribution >= 4 is 46.7 Å². The first kappa shape index (κ1) is 19.5. The van der Waals surface area contributed by atoms with Crippen LogP contribution in [0.2, 0.25) is 15.2 Å². The van der Waals surface area contributed by atoms with Crippen molar-refractivity contribution in [3.8, 4) is 0 Å². The second kappa shape index (κ2) is 8.52. The summed E-state index contributed by atoms with van der Waals surface area (Å²) in [6.07, 6.45) is 0.435. The Morgan fingerprint density at radius 1 is 1.16 bits per heavy atom. The molecule has 25 heavy (non-hydrogen) atoms. The van der Waals surface area contributed by atoms with E-state index in [-0.39, 0.29) is 16.8 Å². The number of amides is 1. The molecular weight excluding hydrogens is 387 g/mol.